The van der Waals surface area contributed by atoms with Gasteiger partial charge in [-0.3, -0.25) is 0 Å². The van der Waals surface area contributed by atoms with Gasteiger partial charge in [-0.2, -0.15) is 0 Å². The first kappa shape index (κ1) is 9.44. The van der Waals surface area contributed by atoms with Crippen molar-refractivity contribution in [3.8, 4) is 0 Å². The molecule has 0 aliphatic rings. The fourth-order valence-corrected chi connectivity index (χ4v) is 0. The van der Waals surface area contributed by atoms with Crippen molar-refractivity contribution < 1.29 is 45.2 Å². The molecule has 0 unspecified atom stereocenters. The van der Waals surface area contributed by atoms with Crippen LogP contribution in [0.1, 0.15) is 0 Å². The van der Waals surface area contributed by atoms with Gasteiger partial charge < -0.3 is 0 Å². The zero-order valence-corrected chi connectivity index (χ0v) is 5.95. The summed E-state index contributed by atoms with van der Waals surface area (Å²) in [6, 6.07) is 0. The predicted molar refractivity (Wildman–Crippen MR) is 8.29 cm³/mol. The molecule has 0 spiro atoms. The van der Waals surface area contributed by atoms with E-state index >= 15 is 0 Å². The topological polar surface area (TPSA) is 34.1 Å². The van der Waals surface area contributed by atoms with E-state index in [0.29, 0.717) is 0 Å². The summed E-state index contributed by atoms with van der Waals surface area (Å²) in [5.41, 5.74) is 0. The third kappa shape index (κ3) is 40.7. The number of hydrogen-bond acceptors (Lipinski definition) is 2. The van der Waals surface area contributed by atoms with Crippen molar-refractivity contribution in [1.82, 2.24) is 0 Å². The van der Waals surface area contributed by atoms with Gasteiger partial charge in [0.25, 0.3) is 0 Å². The van der Waals surface area contributed by atoms with Gasteiger partial charge in [0.2, 0.25) is 0 Å². The van der Waals surface area contributed by atoms with Crippen LogP contribution in [0.3, 0.4) is 0 Å². The molecule has 0 bridgehead atoms. The summed E-state index contributed by atoms with van der Waals surface area (Å²) in [4.78, 5) is 0. The minimum Gasteiger partial charge on any atom is 0 e. The molecule has 2 nitrogen and oxygen atoms in total. The van der Waals surface area contributed by atoms with E-state index in [4.69, 9.17) is 9.13 Å². The van der Waals surface area contributed by atoms with Crippen LogP contribution in [0.15, 0.2) is 0 Å². The Bertz CT molecular complexity index is 58.0. The van der Waals surface area contributed by atoms with Gasteiger partial charge in [-0.15, -0.1) is 0 Å². The van der Waals surface area contributed by atoms with E-state index in [-0.39, 0.29) is 16.8 Å². The Balaban J connectivity index is 0. The van der Waals surface area contributed by atoms with E-state index in [1.807, 2.05) is 0 Å². The van der Waals surface area contributed by atoms with Crippen LogP contribution in [0.2, 0.25) is 0 Å². The summed E-state index contributed by atoms with van der Waals surface area (Å²) in [6.45, 7) is 0. The Morgan fingerprint density at radius 2 is 1.40 bits per heavy atom. The molecule has 0 aromatic rings. The van der Waals surface area contributed by atoms with E-state index in [1.165, 1.54) is 0 Å². The third-order valence-corrected chi connectivity index (χ3v) is 0. The quantitative estimate of drug-likeness (QED) is 0.441. The SMILES string of the molecule is O=[P](=O)[Mo].[Co]. The molecule has 0 saturated carbocycles. The first-order chi connectivity index (χ1) is 1.73. The zero-order valence-electron chi connectivity index (χ0n) is 2.01. The van der Waals surface area contributed by atoms with Crippen LogP contribution in [0.5, 0.6) is 0 Å². The Morgan fingerprint density at radius 1 is 1.40 bits per heavy atom. The van der Waals surface area contributed by atoms with E-state index < -0.39 is 5.77 Å². The van der Waals surface area contributed by atoms with Crippen LogP contribution in [0, 0.1) is 0 Å². The van der Waals surface area contributed by atoms with Gasteiger partial charge in [0, 0.05) is 16.8 Å². The van der Waals surface area contributed by atoms with E-state index in [2.05, 4.69) is 0 Å². The van der Waals surface area contributed by atoms with Crippen LogP contribution < -0.4 is 0 Å². The maximum atomic E-state index is 9.04. The molecule has 0 aliphatic carbocycles. The molecule has 0 atom stereocenters. The average molecular weight is 218 g/mol. The molecule has 5 heavy (non-hydrogen) atoms. The largest absolute Gasteiger partial charge is 0 e. The van der Waals surface area contributed by atoms with Gasteiger partial charge in [-0.05, 0) is 0 Å². The molecule has 0 saturated heterocycles. The summed E-state index contributed by atoms with van der Waals surface area (Å²) >= 11 is 1.06. The number of hydrogen-bond donors (Lipinski definition) is 0. The van der Waals surface area contributed by atoms with Crippen LogP contribution in [0.4, 0.5) is 0 Å². The van der Waals surface area contributed by atoms with Crippen molar-refractivity contribution in [2.75, 3.05) is 0 Å². The van der Waals surface area contributed by atoms with Crippen molar-refractivity contribution in [2.24, 2.45) is 0 Å². The van der Waals surface area contributed by atoms with Crippen molar-refractivity contribution in [1.29, 1.82) is 0 Å². The van der Waals surface area contributed by atoms with E-state index in [0.717, 1.165) is 19.3 Å². The molecule has 32 valence electrons. The van der Waals surface area contributed by atoms with Gasteiger partial charge in [-0.25, -0.2) is 0 Å². The predicted octanol–water partition coefficient (Wildman–Crippen LogP) is 0.619. The second-order valence-corrected chi connectivity index (χ2v) is 2.87. The molecule has 0 N–H and O–H groups in total. The first-order valence-corrected chi connectivity index (χ1v) is 4.34. The monoisotopic (exact) mass is 220 g/mol. The maximum Gasteiger partial charge on any atom is 0 e. The van der Waals surface area contributed by atoms with Gasteiger partial charge in [0.15, 0.2) is 0 Å². The molecule has 0 fully saturated rings. The summed E-state index contributed by atoms with van der Waals surface area (Å²) in [5, 5.41) is 0. The molecule has 0 aromatic heterocycles. The second kappa shape index (κ2) is 5.09. The fraction of sp³-hybridized carbons (Fsp3) is 0. The van der Waals surface area contributed by atoms with Gasteiger partial charge in [0.05, 0.1) is 0 Å². The minimum absolute atomic E-state index is 0. The van der Waals surface area contributed by atoms with Crippen molar-refractivity contribution in [3.63, 3.8) is 0 Å². The van der Waals surface area contributed by atoms with Crippen molar-refractivity contribution >= 4 is 5.77 Å². The molecule has 1 radical (unpaired) electrons. The summed E-state index contributed by atoms with van der Waals surface area (Å²) < 4.78 is 18.1. The number of rotatable bonds is 0. The van der Waals surface area contributed by atoms with E-state index in [9.17, 15) is 0 Å². The van der Waals surface area contributed by atoms with Crippen molar-refractivity contribution in [3.05, 3.63) is 0 Å². The average Bonchev–Trinajstić information content (AvgIpc) is 0.811. The third-order valence-electron chi connectivity index (χ3n) is 0. The molecule has 0 amide bonds. The molecule has 0 heterocycles. The summed E-state index contributed by atoms with van der Waals surface area (Å²) in [5.74, 6) is -2.11. The Morgan fingerprint density at radius 3 is 1.40 bits per heavy atom. The second-order valence-electron chi connectivity index (χ2n) is 0.224. The Labute approximate surface area is 51.1 Å². The van der Waals surface area contributed by atoms with Gasteiger partial charge in [-0.1, -0.05) is 0 Å². The van der Waals surface area contributed by atoms with E-state index in [1.54, 1.807) is 0 Å². The molecular weight excluding hydrogens is 218 g/mol. The maximum absolute atomic E-state index is 9.04. The molecule has 0 aliphatic heterocycles. The zero-order chi connectivity index (χ0) is 3.58. The standard InChI is InChI=1S/Co.Mo.O2P/c;;1-3-2. The Kier molecular flexibility index (Phi) is 9.61. The van der Waals surface area contributed by atoms with Crippen molar-refractivity contribution in [2.45, 2.75) is 0 Å². The normalized spacial score (nSPS) is 4.80. The molecular formula is CoMoO2P. The first-order valence-electron chi connectivity index (χ1n) is 0.548. The van der Waals surface area contributed by atoms with Crippen LogP contribution in [-0.4, -0.2) is 0 Å². The van der Waals surface area contributed by atoms with Gasteiger partial charge >= 0.3 is 34.2 Å². The van der Waals surface area contributed by atoms with Crippen LogP contribution in [0.25, 0.3) is 0 Å². The van der Waals surface area contributed by atoms with Crippen LogP contribution in [-0.2, 0) is 45.2 Å². The summed E-state index contributed by atoms with van der Waals surface area (Å²) in [7, 11) is 0. The molecule has 5 heteroatoms. The molecule has 0 rings (SSSR count). The fourth-order valence-electron chi connectivity index (χ4n) is 0. The van der Waals surface area contributed by atoms with Gasteiger partial charge in [0.1, 0.15) is 0 Å². The molecule has 0 aromatic carbocycles. The minimum atomic E-state index is -2.11. The Hall–Kier alpha value is 1.09. The summed E-state index contributed by atoms with van der Waals surface area (Å²) in [6.07, 6.45) is 0. The van der Waals surface area contributed by atoms with Crippen LogP contribution >= 0.6 is 5.77 Å². The smallest absolute Gasteiger partial charge is 0 e.